The average molecular weight is 341 g/mol. The van der Waals surface area contributed by atoms with E-state index in [1.54, 1.807) is 30.3 Å². The fraction of sp³-hybridized carbons (Fsp3) is 0.200. The monoisotopic (exact) mass is 340 g/mol. The number of hydrogen-bond donors (Lipinski definition) is 1. The highest BCUT2D eigenvalue weighted by Crippen LogP contribution is 2.27. The van der Waals surface area contributed by atoms with Gasteiger partial charge in [-0.15, -0.1) is 0 Å². The Morgan fingerprint density at radius 2 is 2.23 bits per heavy atom. The predicted octanol–water partition coefficient (Wildman–Crippen LogP) is 3.90. The van der Waals surface area contributed by atoms with Crippen molar-refractivity contribution in [3.63, 3.8) is 0 Å². The van der Waals surface area contributed by atoms with Gasteiger partial charge in [-0.2, -0.15) is 5.10 Å². The smallest absolute Gasteiger partial charge is 0.240 e. The minimum absolute atomic E-state index is 0.200. The molecule has 0 aliphatic rings. The molecule has 2 aromatic rings. The lowest BCUT2D eigenvalue weighted by molar-refractivity contribution is -0.121. The summed E-state index contributed by atoms with van der Waals surface area (Å²) in [6.45, 7) is 0.372. The van der Waals surface area contributed by atoms with Gasteiger partial charge in [0.25, 0.3) is 0 Å². The third-order valence-electron chi connectivity index (χ3n) is 2.62. The zero-order valence-corrected chi connectivity index (χ0v) is 13.1. The number of nitrogens with zero attached hydrogens (tertiary/aromatic N) is 1. The summed E-state index contributed by atoms with van der Waals surface area (Å²) in [6, 6.07) is 8.47. The summed E-state index contributed by atoms with van der Waals surface area (Å²) < 4.78 is 10.5. The van der Waals surface area contributed by atoms with Crippen LogP contribution in [0.5, 0.6) is 5.75 Å². The maximum atomic E-state index is 11.5. The van der Waals surface area contributed by atoms with E-state index >= 15 is 0 Å². The molecule has 0 bridgehead atoms. The Morgan fingerprint density at radius 1 is 1.36 bits per heavy atom. The number of hydrogen-bond acceptors (Lipinski definition) is 4. The van der Waals surface area contributed by atoms with Crippen LogP contribution in [0.15, 0.2) is 46.1 Å². The van der Waals surface area contributed by atoms with Crippen molar-refractivity contribution in [1.82, 2.24) is 5.43 Å². The first kappa shape index (κ1) is 16.4. The number of amides is 1. The van der Waals surface area contributed by atoms with Gasteiger partial charge < -0.3 is 9.15 Å². The molecular formula is C15H14Cl2N2O3. The number of carbonyl (C=O) groups excluding carboxylic acids is 1. The first-order valence-electron chi connectivity index (χ1n) is 6.58. The molecule has 0 unspecified atom stereocenters. The summed E-state index contributed by atoms with van der Waals surface area (Å²) in [5, 5.41) is 4.77. The summed E-state index contributed by atoms with van der Waals surface area (Å²) in [5.41, 5.74) is 2.41. The zero-order chi connectivity index (χ0) is 15.8. The highest BCUT2D eigenvalue weighted by Gasteiger charge is 2.04. The summed E-state index contributed by atoms with van der Waals surface area (Å²) in [6.07, 6.45) is 3.80. The van der Waals surface area contributed by atoms with Gasteiger partial charge in [0, 0.05) is 11.4 Å². The molecule has 5 nitrogen and oxygen atoms in total. The average Bonchev–Trinajstić information content (AvgIpc) is 2.99. The van der Waals surface area contributed by atoms with Crippen LogP contribution in [0.3, 0.4) is 0 Å². The summed E-state index contributed by atoms with van der Waals surface area (Å²) >= 11 is 11.8. The number of benzene rings is 1. The number of hydrazone groups is 1. The van der Waals surface area contributed by atoms with Gasteiger partial charge in [-0.3, -0.25) is 4.79 Å². The molecule has 2 rings (SSSR count). The van der Waals surface area contributed by atoms with Gasteiger partial charge in [-0.1, -0.05) is 23.2 Å². The first-order chi connectivity index (χ1) is 10.6. The van der Waals surface area contributed by atoms with Crippen LogP contribution in [0.2, 0.25) is 10.0 Å². The fourth-order valence-corrected chi connectivity index (χ4v) is 2.06. The van der Waals surface area contributed by atoms with Crippen LogP contribution in [0.1, 0.15) is 18.6 Å². The normalized spacial score (nSPS) is 10.8. The fourth-order valence-electron chi connectivity index (χ4n) is 1.60. The van der Waals surface area contributed by atoms with Gasteiger partial charge in [0.05, 0.1) is 24.1 Å². The molecule has 116 valence electrons. The molecule has 1 N–H and O–H groups in total. The van der Waals surface area contributed by atoms with Crippen molar-refractivity contribution in [3.8, 4) is 5.75 Å². The maximum absolute atomic E-state index is 11.5. The Balaban J connectivity index is 1.64. The van der Waals surface area contributed by atoms with E-state index in [0.29, 0.717) is 41.0 Å². The molecule has 7 heteroatoms. The van der Waals surface area contributed by atoms with Crippen molar-refractivity contribution in [1.29, 1.82) is 0 Å². The zero-order valence-electron chi connectivity index (χ0n) is 11.6. The number of rotatable bonds is 7. The van der Waals surface area contributed by atoms with E-state index in [2.05, 4.69) is 10.5 Å². The lowest BCUT2D eigenvalue weighted by Crippen LogP contribution is -2.18. The van der Waals surface area contributed by atoms with E-state index < -0.39 is 0 Å². The van der Waals surface area contributed by atoms with Crippen LogP contribution >= 0.6 is 23.2 Å². The molecule has 22 heavy (non-hydrogen) atoms. The second-order valence-electron chi connectivity index (χ2n) is 4.34. The Bertz CT molecular complexity index is 642. The van der Waals surface area contributed by atoms with E-state index in [0.717, 1.165) is 0 Å². The van der Waals surface area contributed by atoms with E-state index in [1.165, 1.54) is 12.5 Å². The predicted molar refractivity (Wildman–Crippen MR) is 85.6 cm³/mol. The number of carbonyl (C=O) groups is 1. The third-order valence-corrected chi connectivity index (χ3v) is 3.15. The van der Waals surface area contributed by atoms with Crippen LogP contribution in [0.25, 0.3) is 0 Å². The van der Waals surface area contributed by atoms with Gasteiger partial charge >= 0.3 is 0 Å². The Hall–Kier alpha value is -1.98. The molecule has 1 aromatic heterocycles. The Labute approximate surface area is 137 Å². The molecule has 0 spiro atoms. The van der Waals surface area contributed by atoms with E-state index in [-0.39, 0.29) is 5.91 Å². The minimum atomic E-state index is -0.200. The largest absolute Gasteiger partial charge is 0.492 e. The SMILES string of the molecule is O=C(CCCOc1ccc(Cl)cc1Cl)N/N=C\c1ccco1. The summed E-state index contributed by atoms with van der Waals surface area (Å²) in [7, 11) is 0. The number of halogens is 2. The standard InChI is InChI=1S/C15H14Cl2N2O3/c16-11-5-6-14(13(17)9-11)22-8-2-4-15(20)19-18-10-12-3-1-7-21-12/h1,3,5-7,9-10H,2,4,8H2,(H,19,20)/b18-10-. The second-order valence-corrected chi connectivity index (χ2v) is 5.18. The molecule has 1 amide bonds. The first-order valence-corrected chi connectivity index (χ1v) is 7.34. The number of nitrogens with one attached hydrogen (secondary N) is 1. The van der Waals surface area contributed by atoms with E-state index in [1.807, 2.05) is 0 Å². The van der Waals surface area contributed by atoms with Crippen LogP contribution in [-0.4, -0.2) is 18.7 Å². The second kappa shape index (κ2) is 8.46. The highest BCUT2D eigenvalue weighted by molar-refractivity contribution is 6.35. The lowest BCUT2D eigenvalue weighted by Gasteiger charge is -2.07. The van der Waals surface area contributed by atoms with Gasteiger partial charge in [0.2, 0.25) is 5.91 Å². The van der Waals surface area contributed by atoms with Gasteiger partial charge in [0.15, 0.2) is 0 Å². The number of furan rings is 1. The van der Waals surface area contributed by atoms with E-state index in [4.69, 9.17) is 32.4 Å². The van der Waals surface area contributed by atoms with Crippen LogP contribution in [-0.2, 0) is 4.79 Å². The van der Waals surface area contributed by atoms with Gasteiger partial charge in [-0.05, 0) is 36.8 Å². The van der Waals surface area contributed by atoms with Crippen molar-refractivity contribution < 1.29 is 13.9 Å². The van der Waals surface area contributed by atoms with Crippen molar-refractivity contribution >= 4 is 35.3 Å². The van der Waals surface area contributed by atoms with Crippen LogP contribution in [0.4, 0.5) is 0 Å². The van der Waals surface area contributed by atoms with Crippen molar-refractivity contribution in [2.45, 2.75) is 12.8 Å². The molecule has 0 saturated carbocycles. The quantitative estimate of drug-likeness (QED) is 0.472. The molecule has 1 aromatic carbocycles. The summed E-state index contributed by atoms with van der Waals surface area (Å²) in [4.78, 5) is 11.5. The third kappa shape index (κ3) is 5.42. The van der Waals surface area contributed by atoms with Crippen LogP contribution in [0, 0.1) is 0 Å². The molecule has 1 heterocycles. The van der Waals surface area contributed by atoms with E-state index in [9.17, 15) is 4.79 Å². The van der Waals surface area contributed by atoms with Gasteiger partial charge in [-0.25, -0.2) is 5.43 Å². The maximum Gasteiger partial charge on any atom is 0.240 e. The topological polar surface area (TPSA) is 63.8 Å². The molecule has 0 atom stereocenters. The molecule has 0 saturated heterocycles. The molecular weight excluding hydrogens is 327 g/mol. The Morgan fingerprint density at radius 3 is 2.95 bits per heavy atom. The van der Waals surface area contributed by atoms with Gasteiger partial charge in [0.1, 0.15) is 11.5 Å². The number of ether oxygens (including phenoxy) is 1. The lowest BCUT2D eigenvalue weighted by atomic mass is 10.3. The van der Waals surface area contributed by atoms with Crippen molar-refractivity contribution in [2.75, 3.05) is 6.61 Å². The Kier molecular flexibility index (Phi) is 6.30. The van der Waals surface area contributed by atoms with Crippen molar-refractivity contribution in [3.05, 3.63) is 52.4 Å². The molecule has 0 aliphatic carbocycles. The highest BCUT2D eigenvalue weighted by atomic mass is 35.5. The van der Waals surface area contributed by atoms with Crippen LogP contribution < -0.4 is 10.2 Å². The molecule has 0 aliphatic heterocycles. The molecule has 0 radical (unpaired) electrons. The molecule has 0 fully saturated rings. The van der Waals surface area contributed by atoms with Crippen molar-refractivity contribution in [2.24, 2.45) is 5.10 Å². The minimum Gasteiger partial charge on any atom is -0.492 e. The summed E-state index contributed by atoms with van der Waals surface area (Å²) in [5.74, 6) is 0.914.